The van der Waals surface area contributed by atoms with Gasteiger partial charge in [0.15, 0.2) is 11.5 Å². The van der Waals surface area contributed by atoms with Gasteiger partial charge in [-0.05, 0) is 30.4 Å². The fraction of sp³-hybridized carbons (Fsp3) is 0.0714. The van der Waals surface area contributed by atoms with Crippen LogP contribution in [0.3, 0.4) is 0 Å². The summed E-state index contributed by atoms with van der Waals surface area (Å²) in [6.07, 6.45) is 5.37. The number of hydrogen-bond acceptors (Lipinski definition) is 3. The normalized spacial score (nSPS) is 10.6. The van der Waals surface area contributed by atoms with Gasteiger partial charge in [0, 0.05) is 11.8 Å². The van der Waals surface area contributed by atoms with Crippen molar-refractivity contribution in [2.45, 2.75) is 0 Å². The third kappa shape index (κ3) is 2.64. The van der Waals surface area contributed by atoms with E-state index in [0.29, 0.717) is 11.3 Å². The molecule has 2 rings (SSSR count). The quantitative estimate of drug-likeness (QED) is 0.876. The zero-order chi connectivity index (χ0) is 12.1. The summed E-state index contributed by atoms with van der Waals surface area (Å²) in [6, 6.07) is 11.0. The zero-order valence-electron chi connectivity index (χ0n) is 9.50. The monoisotopic (exact) mass is 227 g/mol. The molecule has 0 saturated heterocycles. The molecule has 0 atom stereocenters. The summed E-state index contributed by atoms with van der Waals surface area (Å²) < 4.78 is 5.04. The van der Waals surface area contributed by atoms with E-state index in [-0.39, 0.29) is 5.75 Å². The number of methoxy groups -OCH3 is 1. The first kappa shape index (κ1) is 11.2. The number of nitrogens with zero attached hydrogens (tertiary/aromatic N) is 1. The molecule has 3 heteroatoms. The average molecular weight is 227 g/mol. The lowest BCUT2D eigenvalue weighted by Gasteiger charge is -2.04. The Labute approximate surface area is 100 Å². The van der Waals surface area contributed by atoms with Crippen molar-refractivity contribution in [1.82, 2.24) is 4.98 Å². The van der Waals surface area contributed by atoms with Crippen LogP contribution in [0, 0.1) is 0 Å². The molecule has 3 nitrogen and oxygen atoms in total. The highest BCUT2D eigenvalue weighted by atomic mass is 16.5. The van der Waals surface area contributed by atoms with Crippen LogP contribution in [-0.4, -0.2) is 17.2 Å². The van der Waals surface area contributed by atoms with Crippen LogP contribution in [0.1, 0.15) is 11.3 Å². The molecule has 1 aromatic heterocycles. The Morgan fingerprint density at radius 2 is 2.00 bits per heavy atom. The molecule has 0 fully saturated rings. The van der Waals surface area contributed by atoms with Crippen LogP contribution in [0.15, 0.2) is 42.6 Å². The highest BCUT2D eigenvalue weighted by Gasteiger charge is 2.03. The molecular formula is C14H13NO2. The smallest absolute Gasteiger partial charge is 0.165 e. The van der Waals surface area contributed by atoms with Crippen molar-refractivity contribution >= 4 is 12.2 Å². The number of rotatable bonds is 3. The highest BCUT2D eigenvalue weighted by Crippen LogP contribution is 2.30. The van der Waals surface area contributed by atoms with E-state index in [4.69, 9.17) is 4.74 Å². The molecule has 0 aliphatic heterocycles. The Hall–Kier alpha value is -2.29. The minimum atomic E-state index is 0.141. The lowest BCUT2D eigenvalue weighted by atomic mass is 10.1. The third-order valence-corrected chi connectivity index (χ3v) is 2.37. The molecule has 0 aliphatic rings. The highest BCUT2D eigenvalue weighted by molar-refractivity contribution is 5.72. The molecule has 0 radical (unpaired) electrons. The fourth-order valence-electron chi connectivity index (χ4n) is 1.49. The standard InChI is InChI=1S/C14H13NO2/c1-17-13-7-4-5-11(14(13)16)8-9-12-6-2-3-10-15-12/h2-10,16H,1H3/b9-8-. The second kappa shape index (κ2) is 5.16. The molecule has 0 aliphatic carbocycles. The molecule has 0 unspecified atom stereocenters. The van der Waals surface area contributed by atoms with Crippen molar-refractivity contribution in [3.8, 4) is 11.5 Å². The molecular weight excluding hydrogens is 214 g/mol. The van der Waals surface area contributed by atoms with Gasteiger partial charge in [0.05, 0.1) is 12.8 Å². The first-order chi connectivity index (χ1) is 8.31. The van der Waals surface area contributed by atoms with E-state index in [2.05, 4.69) is 4.98 Å². The van der Waals surface area contributed by atoms with E-state index < -0.39 is 0 Å². The van der Waals surface area contributed by atoms with Crippen molar-refractivity contribution in [2.75, 3.05) is 7.11 Å². The summed E-state index contributed by atoms with van der Waals surface area (Å²) in [5.74, 6) is 0.607. The maximum absolute atomic E-state index is 9.87. The van der Waals surface area contributed by atoms with Gasteiger partial charge in [-0.1, -0.05) is 18.2 Å². The number of pyridine rings is 1. The van der Waals surface area contributed by atoms with Gasteiger partial charge in [0.25, 0.3) is 0 Å². The number of aromatic nitrogens is 1. The second-order valence-electron chi connectivity index (χ2n) is 3.49. The van der Waals surface area contributed by atoms with Crippen molar-refractivity contribution < 1.29 is 9.84 Å². The zero-order valence-corrected chi connectivity index (χ0v) is 9.50. The van der Waals surface area contributed by atoms with Gasteiger partial charge in [-0.3, -0.25) is 4.98 Å². The molecule has 0 spiro atoms. The van der Waals surface area contributed by atoms with E-state index in [1.807, 2.05) is 36.4 Å². The summed E-state index contributed by atoms with van der Waals surface area (Å²) in [4.78, 5) is 4.17. The summed E-state index contributed by atoms with van der Waals surface area (Å²) in [6.45, 7) is 0. The molecule has 1 N–H and O–H groups in total. The summed E-state index contributed by atoms with van der Waals surface area (Å²) in [7, 11) is 1.53. The summed E-state index contributed by atoms with van der Waals surface area (Å²) >= 11 is 0. The van der Waals surface area contributed by atoms with Crippen molar-refractivity contribution in [2.24, 2.45) is 0 Å². The van der Waals surface area contributed by atoms with Crippen molar-refractivity contribution in [3.05, 3.63) is 53.9 Å². The van der Waals surface area contributed by atoms with E-state index in [1.54, 1.807) is 18.3 Å². The minimum Gasteiger partial charge on any atom is -0.504 e. The predicted octanol–water partition coefficient (Wildman–Crippen LogP) is 2.97. The number of phenols is 1. The minimum absolute atomic E-state index is 0.141. The van der Waals surface area contributed by atoms with Gasteiger partial charge in [0.1, 0.15) is 0 Å². The number of benzene rings is 1. The van der Waals surface area contributed by atoms with Crippen LogP contribution in [-0.2, 0) is 0 Å². The lowest BCUT2D eigenvalue weighted by molar-refractivity contribution is 0.373. The van der Waals surface area contributed by atoms with Crippen molar-refractivity contribution in [1.29, 1.82) is 0 Å². The predicted molar refractivity (Wildman–Crippen MR) is 67.8 cm³/mol. The summed E-state index contributed by atoms with van der Waals surface area (Å²) in [5, 5.41) is 9.87. The van der Waals surface area contributed by atoms with Crippen LogP contribution in [0.5, 0.6) is 11.5 Å². The molecule has 1 heterocycles. The Bertz CT molecular complexity index is 521. The first-order valence-corrected chi connectivity index (χ1v) is 5.26. The molecule has 0 bridgehead atoms. The van der Waals surface area contributed by atoms with E-state index in [1.165, 1.54) is 7.11 Å². The van der Waals surface area contributed by atoms with Gasteiger partial charge < -0.3 is 9.84 Å². The Morgan fingerprint density at radius 3 is 2.71 bits per heavy atom. The van der Waals surface area contributed by atoms with Crippen molar-refractivity contribution in [3.63, 3.8) is 0 Å². The van der Waals surface area contributed by atoms with Gasteiger partial charge in [-0.2, -0.15) is 0 Å². The van der Waals surface area contributed by atoms with Gasteiger partial charge in [0.2, 0.25) is 0 Å². The van der Waals surface area contributed by atoms with Crippen LogP contribution < -0.4 is 4.74 Å². The maximum atomic E-state index is 9.87. The van der Waals surface area contributed by atoms with E-state index >= 15 is 0 Å². The molecule has 0 amide bonds. The SMILES string of the molecule is COc1cccc(/C=C\c2ccccn2)c1O. The lowest BCUT2D eigenvalue weighted by Crippen LogP contribution is -1.85. The van der Waals surface area contributed by atoms with Gasteiger partial charge in [-0.25, -0.2) is 0 Å². The third-order valence-electron chi connectivity index (χ3n) is 2.37. The Kier molecular flexibility index (Phi) is 3.40. The first-order valence-electron chi connectivity index (χ1n) is 5.26. The molecule has 86 valence electrons. The fourth-order valence-corrected chi connectivity index (χ4v) is 1.49. The number of para-hydroxylation sites is 1. The molecule has 2 aromatic rings. The molecule has 17 heavy (non-hydrogen) atoms. The average Bonchev–Trinajstić information content (AvgIpc) is 2.39. The Morgan fingerprint density at radius 1 is 1.12 bits per heavy atom. The number of ether oxygens (including phenoxy) is 1. The molecule has 0 saturated carbocycles. The second-order valence-corrected chi connectivity index (χ2v) is 3.49. The van der Waals surface area contributed by atoms with Gasteiger partial charge in [-0.15, -0.1) is 0 Å². The summed E-state index contributed by atoms with van der Waals surface area (Å²) in [5.41, 5.74) is 1.55. The number of phenolic OH excluding ortho intramolecular Hbond substituents is 1. The number of hydrogen-bond donors (Lipinski definition) is 1. The van der Waals surface area contributed by atoms with Gasteiger partial charge >= 0.3 is 0 Å². The maximum Gasteiger partial charge on any atom is 0.165 e. The van der Waals surface area contributed by atoms with Crippen LogP contribution in [0.2, 0.25) is 0 Å². The molecule has 1 aromatic carbocycles. The Balaban J connectivity index is 2.28. The largest absolute Gasteiger partial charge is 0.504 e. The van der Waals surface area contributed by atoms with Crippen LogP contribution >= 0.6 is 0 Å². The van der Waals surface area contributed by atoms with Crippen LogP contribution in [0.25, 0.3) is 12.2 Å². The number of aromatic hydroxyl groups is 1. The topological polar surface area (TPSA) is 42.4 Å². The van der Waals surface area contributed by atoms with Crippen LogP contribution in [0.4, 0.5) is 0 Å². The van der Waals surface area contributed by atoms with E-state index in [0.717, 1.165) is 5.69 Å². The van der Waals surface area contributed by atoms with E-state index in [9.17, 15) is 5.11 Å².